The van der Waals surface area contributed by atoms with Gasteiger partial charge in [-0.3, -0.25) is 19.7 Å². The summed E-state index contributed by atoms with van der Waals surface area (Å²) < 4.78 is 10.6. The Morgan fingerprint density at radius 1 is 1.39 bits per heavy atom. The summed E-state index contributed by atoms with van der Waals surface area (Å²) in [6.45, 7) is 3.36. The van der Waals surface area contributed by atoms with Crippen LogP contribution in [0.4, 0.5) is 5.69 Å². The maximum absolute atomic E-state index is 13.0. The summed E-state index contributed by atoms with van der Waals surface area (Å²) >= 11 is 0. The van der Waals surface area contributed by atoms with Crippen LogP contribution in [0.5, 0.6) is 11.5 Å². The van der Waals surface area contributed by atoms with Crippen LogP contribution in [0.1, 0.15) is 30.1 Å². The molecule has 1 fully saturated rings. The summed E-state index contributed by atoms with van der Waals surface area (Å²) in [6, 6.07) is 2.52. The van der Waals surface area contributed by atoms with Gasteiger partial charge >= 0.3 is 0 Å². The Labute approximate surface area is 163 Å². The van der Waals surface area contributed by atoms with Crippen LogP contribution in [-0.2, 0) is 4.79 Å². The number of nitro benzene ring substituents is 1. The van der Waals surface area contributed by atoms with E-state index in [9.17, 15) is 19.7 Å². The summed E-state index contributed by atoms with van der Waals surface area (Å²) in [5, 5.41) is 14.2. The minimum Gasteiger partial charge on any atom is -0.493 e. The minimum absolute atomic E-state index is 0.0895. The van der Waals surface area contributed by atoms with Gasteiger partial charge in [0.15, 0.2) is 11.5 Å². The van der Waals surface area contributed by atoms with E-state index in [4.69, 9.17) is 15.2 Å². The van der Waals surface area contributed by atoms with E-state index in [2.05, 4.69) is 5.32 Å². The third-order valence-electron chi connectivity index (χ3n) is 4.53. The molecule has 154 valence electrons. The molecule has 2 rings (SSSR count). The molecule has 10 heteroatoms. The summed E-state index contributed by atoms with van der Waals surface area (Å²) in [7, 11) is 1.40. The number of nitrogens with zero attached hydrogens (tertiary/aromatic N) is 2. The molecular formula is C18H26N4O6. The first kappa shape index (κ1) is 21.4. The number of hydrogen-bond acceptors (Lipinski definition) is 7. The van der Waals surface area contributed by atoms with Crippen LogP contribution in [0, 0.1) is 16.0 Å². The van der Waals surface area contributed by atoms with Crippen molar-refractivity contribution in [2.24, 2.45) is 11.7 Å². The van der Waals surface area contributed by atoms with Gasteiger partial charge in [0.25, 0.3) is 11.6 Å². The van der Waals surface area contributed by atoms with Gasteiger partial charge in [-0.05, 0) is 19.8 Å². The van der Waals surface area contributed by atoms with Gasteiger partial charge in [-0.25, -0.2) is 0 Å². The molecule has 0 aliphatic carbocycles. The topological polar surface area (TPSA) is 137 Å². The number of benzene rings is 1. The summed E-state index contributed by atoms with van der Waals surface area (Å²) in [4.78, 5) is 37.6. The highest BCUT2D eigenvalue weighted by Gasteiger charge is 2.33. The lowest BCUT2D eigenvalue weighted by Crippen LogP contribution is -2.46. The van der Waals surface area contributed by atoms with E-state index in [1.54, 1.807) is 6.92 Å². The van der Waals surface area contributed by atoms with Crippen molar-refractivity contribution in [2.75, 3.05) is 39.9 Å². The summed E-state index contributed by atoms with van der Waals surface area (Å²) in [5.41, 5.74) is 4.95. The summed E-state index contributed by atoms with van der Waals surface area (Å²) in [5.74, 6) is -0.602. The SMILES string of the molecule is CCOc1cc([N+](=O)[O-])c(C(=O)N2CCCC(C(=O)NCCN)C2)cc1OC. The predicted molar refractivity (Wildman–Crippen MR) is 102 cm³/mol. The van der Waals surface area contributed by atoms with Gasteiger partial charge in [-0.1, -0.05) is 0 Å². The average molecular weight is 394 g/mol. The largest absolute Gasteiger partial charge is 0.493 e. The number of likely N-dealkylation sites (tertiary alicyclic amines) is 1. The molecule has 3 N–H and O–H groups in total. The Morgan fingerprint density at radius 2 is 2.14 bits per heavy atom. The van der Waals surface area contributed by atoms with Gasteiger partial charge < -0.3 is 25.4 Å². The molecule has 1 aliphatic heterocycles. The molecule has 1 aromatic rings. The number of amides is 2. The van der Waals surface area contributed by atoms with Gasteiger partial charge in [0, 0.05) is 32.2 Å². The van der Waals surface area contributed by atoms with Crippen molar-refractivity contribution in [3.8, 4) is 11.5 Å². The number of carbonyl (C=O) groups excluding carboxylic acids is 2. The Kier molecular flexibility index (Phi) is 7.56. The summed E-state index contributed by atoms with van der Waals surface area (Å²) in [6.07, 6.45) is 1.28. The van der Waals surface area contributed by atoms with Crippen molar-refractivity contribution in [1.29, 1.82) is 0 Å². The Balaban J connectivity index is 2.29. The first-order valence-electron chi connectivity index (χ1n) is 9.19. The number of ether oxygens (including phenoxy) is 2. The van der Waals surface area contributed by atoms with Crippen molar-refractivity contribution in [3.05, 3.63) is 27.8 Å². The van der Waals surface area contributed by atoms with Gasteiger partial charge in [0.1, 0.15) is 5.56 Å². The average Bonchev–Trinajstić information content (AvgIpc) is 2.71. The molecule has 0 bridgehead atoms. The Morgan fingerprint density at radius 3 is 2.75 bits per heavy atom. The quantitative estimate of drug-likeness (QED) is 0.494. The Bertz CT molecular complexity index is 739. The lowest BCUT2D eigenvalue weighted by molar-refractivity contribution is -0.385. The monoisotopic (exact) mass is 394 g/mol. The zero-order valence-corrected chi connectivity index (χ0v) is 16.1. The fraction of sp³-hybridized carbons (Fsp3) is 0.556. The van der Waals surface area contributed by atoms with Crippen LogP contribution >= 0.6 is 0 Å². The lowest BCUT2D eigenvalue weighted by atomic mass is 9.96. The van der Waals surface area contributed by atoms with E-state index < -0.39 is 10.8 Å². The van der Waals surface area contributed by atoms with E-state index in [0.29, 0.717) is 39.1 Å². The van der Waals surface area contributed by atoms with E-state index >= 15 is 0 Å². The minimum atomic E-state index is -0.620. The molecule has 1 unspecified atom stereocenters. The van der Waals surface area contributed by atoms with Crippen LogP contribution in [0.25, 0.3) is 0 Å². The van der Waals surface area contributed by atoms with Gasteiger partial charge in [0.2, 0.25) is 5.91 Å². The molecule has 1 atom stereocenters. The number of piperidine rings is 1. The van der Waals surface area contributed by atoms with Crippen LogP contribution in [-0.4, -0.2) is 61.5 Å². The molecule has 2 amide bonds. The molecule has 0 saturated carbocycles. The second-order valence-electron chi connectivity index (χ2n) is 6.38. The number of nitrogens with one attached hydrogen (secondary N) is 1. The smallest absolute Gasteiger partial charge is 0.286 e. The van der Waals surface area contributed by atoms with Crippen LogP contribution in [0.2, 0.25) is 0 Å². The van der Waals surface area contributed by atoms with Crippen LogP contribution in [0.15, 0.2) is 12.1 Å². The van der Waals surface area contributed by atoms with Crippen molar-refractivity contribution < 1.29 is 24.0 Å². The molecule has 28 heavy (non-hydrogen) atoms. The molecule has 0 radical (unpaired) electrons. The zero-order chi connectivity index (χ0) is 20.7. The molecule has 1 heterocycles. The normalized spacial score (nSPS) is 16.4. The molecule has 1 aromatic carbocycles. The number of methoxy groups -OCH3 is 1. The highest BCUT2D eigenvalue weighted by molar-refractivity contribution is 5.99. The lowest BCUT2D eigenvalue weighted by Gasteiger charge is -2.32. The standard InChI is InChI=1S/C18H26N4O6/c1-3-28-16-10-14(22(25)26)13(9-15(16)27-2)18(24)21-8-4-5-12(11-21)17(23)20-7-6-19/h9-10,12H,3-8,11,19H2,1-2H3,(H,20,23). The van der Waals surface area contributed by atoms with Gasteiger partial charge in [-0.15, -0.1) is 0 Å². The van der Waals surface area contributed by atoms with Gasteiger partial charge in [-0.2, -0.15) is 0 Å². The maximum Gasteiger partial charge on any atom is 0.286 e. The first-order chi connectivity index (χ1) is 13.4. The van der Waals surface area contributed by atoms with Crippen molar-refractivity contribution >= 4 is 17.5 Å². The maximum atomic E-state index is 13.0. The van der Waals surface area contributed by atoms with Gasteiger partial charge in [0.05, 0.1) is 30.6 Å². The molecule has 1 saturated heterocycles. The molecule has 0 aromatic heterocycles. The fourth-order valence-electron chi connectivity index (χ4n) is 3.19. The number of hydrogen-bond donors (Lipinski definition) is 2. The third-order valence-corrected chi connectivity index (χ3v) is 4.53. The predicted octanol–water partition coefficient (Wildman–Crippen LogP) is 0.929. The van der Waals surface area contributed by atoms with E-state index in [0.717, 1.165) is 0 Å². The van der Waals surface area contributed by atoms with E-state index in [1.807, 2.05) is 0 Å². The van der Waals surface area contributed by atoms with E-state index in [-0.39, 0.29) is 41.1 Å². The van der Waals surface area contributed by atoms with Crippen molar-refractivity contribution in [2.45, 2.75) is 19.8 Å². The number of nitrogens with two attached hydrogens (primary N) is 1. The number of carbonyl (C=O) groups is 2. The number of nitro groups is 1. The molecule has 0 spiro atoms. The second-order valence-corrected chi connectivity index (χ2v) is 6.38. The molecule has 1 aliphatic rings. The molecule has 10 nitrogen and oxygen atoms in total. The Hall–Kier alpha value is -2.88. The fourth-order valence-corrected chi connectivity index (χ4v) is 3.19. The highest BCUT2D eigenvalue weighted by Crippen LogP contribution is 2.36. The number of rotatable bonds is 8. The van der Waals surface area contributed by atoms with Crippen molar-refractivity contribution in [3.63, 3.8) is 0 Å². The van der Waals surface area contributed by atoms with Crippen molar-refractivity contribution in [1.82, 2.24) is 10.2 Å². The molecular weight excluding hydrogens is 368 g/mol. The zero-order valence-electron chi connectivity index (χ0n) is 16.1. The van der Waals surface area contributed by atoms with Crippen LogP contribution in [0.3, 0.4) is 0 Å². The second kappa shape index (κ2) is 9.88. The van der Waals surface area contributed by atoms with E-state index in [1.165, 1.54) is 24.1 Å². The first-order valence-corrected chi connectivity index (χ1v) is 9.19. The third kappa shape index (κ3) is 4.89. The van der Waals surface area contributed by atoms with Crippen LogP contribution < -0.4 is 20.5 Å². The highest BCUT2D eigenvalue weighted by atomic mass is 16.6.